The Morgan fingerprint density at radius 3 is 1.18 bits per heavy atom. The fraction of sp³-hybridized carbons (Fsp3) is 0.0370. The lowest BCUT2D eigenvalue weighted by atomic mass is 9.88. The lowest BCUT2D eigenvalue weighted by Gasteiger charge is -2.16. The van der Waals surface area contributed by atoms with Gasteiger partial charge in [0.2, 0.25) is 0 Å². The highest BCUT2D eigenvalue weighted by Crippen LogP contribution is 2.45. The molecule has 0 amide bonds. The Hall–Kier alpha value is -7.16. The molecule has 2 heterocycles. The minimum Gasteiger partial charge on any atom is -0.247 e. The van der Waals surface area contributed by atoms with Crippen molar-refractivity contribution in [2.75, 3.05) is 0 Å². The number of hydrogen-bond acceptors (Lipinski definition) is 2. The molecule has 56 heavy (non-hydrogen) atoms. The van der Waals surface area contributed by atoms with Crippen LogP contribution in [0.2, 0.25) is 0 Å². The van der Waals surface area contributed by atoms with Crippen molar-refractivity contribution in [3.8, 4) is 67.0 Å². The second-order valence-electron chi connectivity index (χ2n) is 15.3. The van der Waals surface area contributed by atoms with Crippen LogP contribution in [0.15, 0.2) is 182 Å². The van der Waals surface area contributed by atoms with Crippen molar-refractivity contribution in [1.82, 2.24) is 9.97 Å². The molecule has 0 atom stereocenters. The van der Waals surface area contributed by atoms with Crippen molar-refractivity contribution in [1.29, 1.82) is 0 Å². The molecular formula is C54H34N2. The second-order valence-corrected chi connectivity index (χ2v) is 15.3. The molecule has 12 rings (SSSR count). The first-order valence-electron chi connectivity index (χ1n) is 19.5. The maximum atomic E-state index is 5.22. The zero-order chi connectivity index (χ0) is 36.7. The van der Waals surface area contributed by atoms with Gasteiger partial charge in [-0.25, -0.2) is 9.97 Å². The number of nitrogens with zero attached hydrogens (tertiary/aromatic N) is 2. The zero-order valence-electron chi connectivity index (χ0n) is 30.6. The van der Waals surface area contributed by atoms with Gasteiger partial charge in [0.15, 0.2) is 0 Å². The standard InChI is InChI=1S/C54H34N2/c1-7-21-51-37(11-1)29-39-27-33-23-25-35(31-49(33)45-13-3-5-15-47(45)53(39)55-51)41-17-9-20-44-42(18-10-19-43(41)44)36-26-24-34-28-40-30-38-12-2-8-22-52(38)56-54(40)48-16-6-4-14-46(48)50(34)32-36/h1-26,29-32H,27-28H2. The largest absolute Gasteiger partial charge is 0.247 e. The van der Waals surface area contributed by atoms with E-state index in [1.807, 2.05) is 0 Å². The minimum atomic E-state index is 0.843. The lowest BCUT2D eigenvalue weighted by molar-refractivity contribution is 1.19. The van der Waals surface area contributed by atoms with Gasteiger partial charge in [-0.1, -0.05) is 146 Å². The maximum Gasteiger partial charge on any atom is 0.0751 e. The molecule has 0 N–H and O–H groups in total. The van der Waals surface area contributed by atoms with E-state index in [2.05, 4.69) is 182 Å². The summed E-state index contributed by atoms with van der Waals surface area (Å²) in [5.74, 6) is 0. The highest BCUT2D eigenvalue weighted by Gasteiger charge is 2.24. The summed E-state index contributed by atoms with van der Waals surface area (Å²) in [4.78, 5) is 10.4. The van der Waals surface area contributed by atoms with Crippen molar-refractivity contribution < 1.29 is 0 Å². The fourth-order valence-corrected chi connectivity index (χ4v) is 9.43. The molecule has 0 bridgehead atoms. The average Bonchev–Trinajstić information content (AvgIpc) is 3.47. The molecule has 8 aromatic carbocycles. The Morgan fingerprint density at radius 2 is 0.696 bits per heavy atom. The molecule has 0 fully saturated rings. The molecule has 2 heteroatoms. The van der Waals surface area contributed by atoms with E-state index >= 15 is 0 Å². The number of hydrogen-bond donors (Lipinski definition) is 0. The fourth-order valence-electron chi connectivity index (χ4n) is 9.43. The van der Waals surface area contributed by atoms with Gasteiger partial charge in [-0.3, -0.25) is 0 Å². The molecule has 0 spiro atoms. The number of pyridine rings is 2. The van der Waals surface area contributed by atoms with Crippen molar-refractivity contribution >= 4 is 32.6 Å². The van der Waals surface area contributed by atoms with E-state index in [1.54, 1.807) is 0 Å². The highest BCUT2D eigenvalue weighted by atomic mass is 14.7. The van der Waals surface area contributed by atoms with Crippen LogP contribution in [-0.4, -0.2) is 9.97 Å². The zero-order valence-corrected chi connectivity index (χ0v) is 30.6. The number of benzene rings is 8. The van der Waals surface area contributed by atoms with Crippen LogP contribution in [0.1, 0.15) is 22.3 Å². The molecule has 2 aliphatic carbocycles. The van der Waals surface area contributed by atoms with Crippen LogP contribution in [0, 0.1) is 0 Å². The summed E-state index contributed by atoms with van der Waals surface area (Å²) in [6.07, 6.45) is 1.69. The number of para-hydroxylation sites is 2. The predicted molar refractivity (Wildman–Crippen MR) is 233 cm³/mol. The first-order chi connectivity index (χ1) is 27.7. The van der Waals surface area contributed by atoms with Crippen LogP contribution < -0.4 is 0 Å². The molecule has 0 aliphatic heterocycles. The van der Waals surface area contributed by atoms with Gasteiger partial charge in [-0.2, -0.15) is 0 Å². The minimum absolute atomic E-state index is 0.843. The van der Waals surface area contributed by atoms with Gasteiger partial charge in [-0.05, 0) is 114 Å². The second kappa shape index (κ2) is 12.2. The van der Waals surface area contributed by atoms with Crippen LogP contribution in [0.3, 0.4) is 0 Å². The third-order valence-electron chi connectivity index (χ3n) is 12.1. The van der Waals surface area contributed by atoms with E-state index in [9.17, 15) is 0 Å². The monoisotopic (exact) mass is 710 g/mol. The number of aromatic nitrogens is 2. The van der Waals surface area contributed by atoms with Crippen LogP contribution in [0.5, 0.6) is 0 Å². The summed E-state index contributed by atoms with van der Waals surface area (Å²) in [5.41, 5.74) is 21.8. The van der Waals surface area contributed by atoms with Crippen LogP contribution >= 0.6 is 0 Å². The molecule has 2 aliphatic rings. The first-order valence-corrected chi connectivity index (χ1v) is 19.5. The third kappa shape index (κ3) is 4.82. The molecule has 0 saturated heterocycles. The topological polar surface area (TPSA) is 25.8 Å². The van der Waals surface area contributed by atoms with Crippen molar-refractivity contribution in [3.05, 3.63) is 204 Å². The van der Waals surface area contributed by atoms with Crippen molar-refractivity contribution in [3.63, 3.8) is 0 Å². The van der Waals surface area contributed by atoms with E-state index in [-0.39, 0.29) is 0 Å². The normalized spacial score (nSPS) is 12.5. The van der Waals surface area contributed by atoms with E-state index in [4.69, 9.17) is 9.97 Å². The van der Waals surface area contributed by atoms with E-state index in [1.165, 1.54) is 99.4 Å². The Kier molecular flexibility index (Phi) is 6.79. The van der Waals surface area contributed by atoms with Gasteiger partial charge in [0.1, 0.15) is 0 Å². The van der Waals surface area contributed by atoms with Crippen LogP contribution in [0.4, 0.5) is 0 Å². The van der Waals surface area contributed by atoms with Crippen LogP contribution in [-0.2, 0) is 12.8 Å². The maximum absolute atomic E-state index is 5.22. The quantitative estimate of drug-likeness (QED) is 0.178. The smallest absolute Gasteiger partial charge is 0.0751 e. The van der Waals surface area contributed by atoms with Crippen molar-refractivity contribution in [2.24, 2.45) is 0 Å². The Bertz CT molecular complexity index is 3040. The van der Waals surface area contributed by atoms with Gasteiger partial charge < -0.3 is 0 Å². The van der Waals surface area contributed by atoms with Gasteiger partial charge in [0, 0.05) is 34.7 Å². The molecule has 2 nitrogen and oxygen atoms in total. The van der Waals surface area contributed by atoms with Crippen LogP contribution in [0.25, 0.3) is 99.6 Å². The number of rotatable bonds is 2. The summed E-state index contributed by atoms with van der Waals surface area (Å²) in [6.45, 7) is 0. The molecular weight excluding hydrogens is 677 g/mol. The predicted octanol–water partition coefficient (Wildman–Crippen LogP) is 13.7. The molecule has 10 aromatic rings. The lowest BCUT2D eigenvalue weighted by Crippen LogP contribution is -1.94. The van der Waals surface area contributed by atoms with E-state index < -0.39 is 0 Å². The third-order valence-corrected chi connectivity index (χ3v) is 12.1. The highest BCUT2D eigenvalue weighted by molar-refractivity contribution is 6.06. The SMILES string of the molecule is c1ccc2c(c1)-c1cc(-c3cccc4c(-c5ccc6c(c5)-c5ccccc5-c5nc7ccccc7cc5C6)cccc34)ccc1Cc1cc3ccccc3nc1-2. The van der Waals surface area contributed by atoms with Crippen molar-refractivity contribution in [2.45, 2.75) is 12.8 Å². The summed E-state index contributed by atoms with van der Waals surface area (Å²) in [7, 11) is 0. The van der Waals surface area contributed by atoms with Gasteiger partial charge in [-0.15, -0.1) is 0 Å². The van der Waals surface area contributed by atoms with E-state index in [0.29, 0.717) is 0 Å². The molecule has 260 valence electrons. The summed E-state index contributed by atoms with van der Waals surface area (Å²) in [6, 6.07) is 66.9. The average molecular weight is 711 g/mol. The van der Waals surface area contributed by atoms with E-state index in [0.717, 1.165) is 35.3 Å². The summed E-state index contributed by atoms with van der Waals surface area (Å²) < 4.78 is 0. The Morgan fingerprint density at radius 1 is 0.286 bits per heavy atom. The molecule has 0 radical (unpaired) electrons. The van der Waals surface area contributed by atoms with Gasteiger partial charge in [0.05, 0.1) is 22.4 Å². The Balaban J connectivity index is 0.986. The Labute approximate surface area is 325 Å². The summed E-state index contributed by atoms with van der Waals surface area (Å²) >= 11 is 0. The molecule has 0 unspecified atom stereocenters. The molecule has 0 saturated carbocycles. The molecule has 2 aromatic heterocycles. The first kappa shape index (κ1) is 31.2. The summed E-state index contributed by atoms with van der Waals surface area (Å²) in [5, 5.41) is 4.87. The van der Waals surface area contributed by atoms with Gasteiger partial charge >= 0.3 is 0 Å². The van der Waals surface area contributed by atoms with Gasteiger partial charge in [0.25, 0.3) is 0 Å². The number of fused-ring (bicyclic) bond motifs is 13.